The summed E-state index contributed by atoms with van der Waals surface area (Å²) < 4.78 is 0. The van der Waals surface area contributed by atoms with Gasteiger partial charge in [-0.25, -0.2) is 4.79 Å². The molecule has 5 N–H and O–H groups in total. The first-order chi connectivity index (χ1) is 12.5. The number of nitrogens with zero attached hydrogens (tertiary/aromatic N) is 1. The molecule has 2 amide bonds. The number of unbranched alkanes of at least 4 members (excludes halogenated alkanes) is 3. The van der Waals surface area contributed by atoms with Gasteiger partial charge in [0, 0.05) is 25.7 Å². The average molecular weight is 368 g/mol. The Morgan fingerprint density at radius 3 is 2.31 bits per heavy atom. The van der Waals surface area contributed by atoms with Crippen molar-refractivity contribution in [3.8, 4) is 0 Å². The molecule has 0 heterocycles. The molecule has 0 spiro atoms. The number of hydrogen-bond acceptors (Lipinski definition) is 6. The molecule has 1 rings (SSSR count). The van der Waals surface area contributed by atoms with Crippen LogP contribution in [0.1, 0.15) is 37.4 Å². The maximum atomic E-state index is 11.0. The molecule has 146 valence electrons. The van der Waals surface area contributed by atoms with E-state index in [9.17, 15) is 25.1 Å². The van der Waals surface area contributed by atoms with E-state index < -0.39 is 17.1 Å². The van der Waals surface area contributed by atoms with E-state index in [1.807, 2.05) is 0 Å². The minimum Gasteiger partial charge on any atom is -0.395 e. The Hall–Kier alpha value is -2.23. The lowest BCUT2D eigenvalue weighted by atomic mass is 10.0. The van der Waals surface area contributed by atoms with Crippen LogP contribution in [0.3, 0.4) is 0 Å². The number of carbonyl (C=O) groups is 1. The number of aliphatic hydroxyl groups excluding tert-OH is 2. The summed E-state index contributed by atoms with van der Waals surface area (Å²) >= 11 is 0. The highest BCUT2D eigenvalue weighted by atomic mass is 16.6. The number of rotatable bonds is 12. The molecule has 26 heavy (non-hydrogen) atoms. The Morgan fingerprint density at radius 1 is 1.15 bits per heavy atom. The Bertz CT molecular complexity index is 553. The van der Waals surface area contributed by atoms with E-state index in [2.05, 4.69) is 16.0 Å². The standard InChI is InChI=1S/C17H28N4O5/c1-18-17(24)20-11-5-3-2-4-10-19-15(12-22)16(23)13-6-8-14(9-7-13)21(25)26/h6-9,15-16,19,22-23H,2-5,10-12H2,1H3,(H2,18,20,24)/t15-,16-/m1/s1. The summed E-state index contributed by atoms with van der Waals surface area (Å²) in [6.07, 6.45) is 2.76. The third-order valence-electron chi connectivity index (χ3n) is 4.05. The zero-order valence-corrected chi connectivity index (χ0v) is 15.0. The fourth-order valence-electron chi connectivity index (χ4n) is 2.48. The van der Waals surface area contributed by atoms with E-state index in [1.54, 1.807) is 7.05 Å². The highest BCUT2D eigenvalue weighted by Gasteiger charge is 2.20. The van der Waals surface area contributed by atoms with Crippen LogP contribution in [-0.4, -0.2) is 54.0 Å². The minimum atomic E-state index is -0.947. The van der Waals surface area contributed by atoms with Gasteiger partial charge in [0.2, 0.25) is 0 Å². The van der Waals surface area contributed by atoms with E-state index in [4.69, 9.17) is 0 Å². The summed E-state index contributed by atoms with van der Waals surface area (Å²) in [5, 5.41) is 38.8. The Kier molecular flexibility index (Phi) is 10.2. The normalized spacial score (nSPS) is 13.0. The molecular formula is C17H28N4O5. The lowest BCUT2D eigenvalue weighted by Crippen LogP contribution is -2.38. The number of benzene rings is 1. The number of hydrogen-bond donors (Lipinski definition) is 5. The quantitative estimate of drug-likeness (QED) is 0.213. The van der Waals surface area contributed by atoms with Crippen molar-refractivity contribution in [1.29, 1.82) is 0 Å². The van der Waals surface area contributed by atoms with Crippen LogP contribution in [0, 0.1) is 10.1 Å². The van der Waals surface area contributed by atoms with Crippen LogP contribution in [-0.2, 0) is 0 Å². The number of nitro benzene ring substituents is 1. The Balaban J connectivity index is 2.27. The molecule has 0 saturated carbocycles. The Morgan fingerprint density at radius 2 is 1.77 bits per heavy atom. The molecule has 9 heteroatoms. The van der Waals surface area contributed by atoms with Gasteiger partial charge in [-0.3, -0.25) is 10.1 Å². The summed E-state index contributed by atoms with van der Waals surface area (Å²) in [5.41, 5.74) is 0.475. The number of amides is 2. The molecule has 2 atom stereocenters. The lowest BCUT2D eigenvalue weighted by Gasteiger charge is -2.22. The number of non-ortho nitro benzene ring substituents is 1. The van der Waals surface area contributed by atoms with Gasteiger partial charge in [0.25, 0.3) is 5.69 Å². The number of urea groups is 1. The average Bonchev–Trinajstić information content (AvgIpc) is 2.66. The highest BCUT2D eigenvalue weighted by molar-refractivity contribution is 5.73. The smallest absolute Gasteiger partial charge is 0.314 e. The molecule has 0 radical (unpaired) electrons. The molecule has 0 fully saturated rings. The summed E-state index contributed by atoms with van der Waals surface area (Å²) in [7, 11) is 1.57. The van der Waals surface area contributed by atoms with Crippen LogP contribution in [0.2, 0.25) is 0 Å². The summed E-state index contributed by atoms with van der Waals surface area (Å²) in [6, 6.07) is 4.93. The first kappa shape index (κ1) is 21.8. The van der Waals surface area contributed by atoms with Crippen LogP contribution < -0.4 is 16.0 Å². The fraction of sp³-hybridized carbons (Fsp3) is 0.588. The van der Waals surface area contributed by atoms with Crippen molar-refractivity contribution >= 4 is 11.7 Å². The van der Waals surface area contributed by atoms with Crippen molar-refractivity contribution in [1.82, 2.24) is 16.0 Å². The molecule has 0 aromatic heterocycles. The SMILES string of the molecule is CNC(=O)NCCCCCCN[C@H](CO)[C@H](O)c1ccc([N+](=O)[O-])cc1. The van der Waals surface area contributed by atoms with E-state index in [0.717, 1.165) is 25.7 Å². The molecule has 1 aromatic carbocycles. The van der Waals surface area contributed by atoms with Crippen LogP contribution in [0.4, 0.5) is 10.5 Å². The lowest BCUT2D eigenvalue weighted by molar-refractivity contribution is -0.384. The maximum absolute atomic E-state index is 11.0. The van der Waals surface area contributed by atoms with Crippen LogP contribution in [0.15, 0.2) is 24.3 Å². The van der Waals surface area contributed by atoms with E-state index >= 15 is 0 Å². The monoisotopic (exact) mass is 368 g/mol. The van der Waals surface area contributed by atoms with Crippen molar-refractivity contribution in [2.24, 2.45) is 0 Å². The van der Waals surface area contributed by atoms with Crippen molar-refractivity contribution in [3.05, 3.63) is 39.9 Å². The van der Waals surface area contributed by atoms with Gasteiger partial charge < -0.3 is 26.2 Å². The van der Waals surface area contributed by atoms with Crippen molar-refractivity contribution < 1.29 is 19.9 Å². The molecule has 0 aliphatic heterocycles. The number of nitro groups is 1. The molecule has 1 aromatic rings. The first-order valence-electron chi connectivity index (χ1n) is 8.71. The largest absolute Gasteiger partial charge is 0.395 e. The molecule has 0 unspecified atom stereocenters. The molecule has 9 nitrogen and oxygen atoms in total. The highest BCUT2D eigenvalue weighted by Crippen LogP contribution is 2.20. The van der Waals surface area contributed by atoms with Gasteiger partial charge in [-0.05, 0) is 37.1 Å². The third-order valence-corrected chi connectivity index (χ3v) is 4.05. The number of aliphatic hydroxyl groups is 2. The zero-order chi connectivity index (χ0) is 19.4. The zero-order valence-electron chi connectivity index (χ0n) is 15.0. The number of carbonyl (C=O) groups excluding carboxylic acids is 1. The van der Waals surface area contributed by atoms with Gasteiger partial charge in [-0.2, -0.15) is 0 Å². The van der Waals surface area contributed by atoms with E-state index in [0.29, 0.717) is 18.7 Å². The summed E-state index contributed by atoms with van der Waals surface area (Å²) in [5.74, 6) is 0. The van der Waals surface area contributed by atoms with Crippen molar-refractivity contribution in [3.63, 3.8) is 0 Å². The second-order valence-electron chi connectivity index (χ2n) is 5.96. The van der Waals surface area contributed by atoms with E-state index in [1.165, 1.54) is 24.3 Å². The van der Waals surface area contributed by atoms with Gasteiger partial charge >= 0.3 is 6.03 Å². The number of nitrogens with one attached hydrogen (secondary N) is 3. The second-order valence-corrected chi connectivity index (χ2v) is 5.96. The van der Waals surface area contributed by atoms with Crippen LogP contribution in [0.5, 0.6) is 0 Å². The molecule has 0 saturated heterocycles. The molecule has 0 aliphatic rings. The van der Waals surface area contributed by atoms with Crippen molar-refractivity contribution in [2.75, 3.05) is 26.7 Å². The van der Waals surface area contributed by atoms with Gasteiger partial charge in [0.15, 0.2) is 0 Å². The van der Waals surface area contributed by atoms with Crippen molar-refractivity contribution in [2.45, 2.75) is 37.8 Å². The van der Waals surface area contributed by atoms with Crippen LogP contribution >= 0.6 is 0 Å². The fourth-order valence-corrected chi connectivity index (χ4v) is 2.48. The third kappa shape index (κ3) is 7.77. The molecular weight excluding hydrogens is 340 g/mol. The summed E-state index contributed by atoms with van der Waals surface area (Å²) in [6.45, 7) is 1.03. The van der Waals surface area contributed by atoms with Crippen LogP contribution in [0.25, 0.3) is 0 Å². The maximum Gasteiger partial charge on any atom is 0.314 e. The second kappa shape index (κ2) is 12.2. The first-order valence-corrected chi connectivity index (χ1v) is 8.71. The predicted octanol–water partition coefficient (Wildman–Crippen LogP) is 1.07. The van der Waals surface area contributed by atoms with Gasteiger partial charge in [0.1, 0.15) is 0 Å². The Labute approximate surface area is 152 Å². The van der Waals surface area contributed by atoms with Gasteiger partial charge in [0.05, 0.1) is 23.7 Å². The molecule has 0 aliphatic carbocycles. The van der Waals surface area contributed by atoms with Gasteiger partial charge in [-0.1, -0.05) is 12.8 Å². The van der Waals surface area contributed by atoms with E-state index in [-0.39, 0.29) is 18.3 Å². The minimum absolute atomic E-state index is 0.0413. The predicted molar refractivity (Wildman–Crippen MR) is 97.9 cm³/mol. The molecule has 0 bridgehead atoms. The summed E-state index contributed by atoms with van der Waals surface area (Å²) in [4.78, 5) is 21.1. The topological polar surface area (TPSA) is 137 Å². The van der Waals surface area contributed by atoms with Gasteiger partial charge in [-0.15, -0.1) is 0 Å².